The first-order valence-electron chi connectivity index (χ1n) is 8.26. The molecule has 0 heterocycles. The van der Waals surface area contributed by atoms with Crippen LogP contribution in [0.3, 0.4) is 0 Å². The summed E-state index contributed by atoms with van der Waals surface area (Å²) < 4.78 is 44.7. The van der Waals surface area contributed by atoms with Crippen molar-refractivity contribution in [1.29, 1.82) is 0 Å². The van der Waals surface area contributed by atoms with Crippen LogP contribution in [-0.2, 0) is 11.3 Å². The minimum Gasteiger partial charge on any atom is -0.494 e. The maximum atomic E-state index is 12.3. The highest BCUT2D eigenvalue weighted by molar-refractivity contribution is 5.77. The molecule has 8 heteroatoms. The van der Waals surface area contributed by atoms with Gasteiger partial charge in [0.1, 0.15) is 11.5 Å². The second-order valence-electron chi connectivity index (χ2n) is 5.33. The molecule has 0 spiro atoms. The van der Waals surface area contributed by atoms with Crippen LogP contribution in [0.5, 0.6) is 23.0 Å². The van der Waals surface area contributed by atoms with Crippen molar-refractivity contribution in [3.8, 4) is 23.0 Å². The van der Waals surface area contributed by atoms with Gasteiger partial charge in [0, 0.05) is 6.54 Å². The number of alkyl halides is 2. The van der Waals surface area contributed by atoms with E-state index in [0.717, 1.165) is 5.75 Å². The van der Waals surface area contributed by atoms with Crippen molar-refractivity contribution in [2.75, 3.05) is 20.3 Å². The van der Waals surface area contributed by atoms with Gasteiger partial charge in [0.05, 0.1) is 13.7 Å². The van der Waals surface area contributed by atoms with Crippen LogP contribution in [0.4, 0.5) is 8.78 Å². The van der Waals surface area contributed by atoms with Crippen LogP contribution in [0.15, 0.2) is 42.5 Å². The number of carbonyl (C=O) groups excluding carboxylic acids is 1. The average molecular weight is 381 g/mol. The number of benzene rings is 2. The summed E-state index contributed by atoms with van der Waals surface area (Å²) in [4.78, 5) is 11.9. The first-order valence-corrected chi connectivity index (χ1v) is 8.26. The number of halogens is 2. The Balaban J connectivity index is 1.82. The Labute approximate surface area is 156 Å². The first-order chi connectivity index (χ1) is 13.0. The van der Waals surface area contributed by atoms with Crippen molar-refractivity contribution in [2.24, 2.45) is 0 Å². The van der Waals surface area contributed by atoms with E-state index in [-0.39, 0.29) is 30.6 Å². The maximum Gasteiger partial charge on any atom is 0.387 e. The van der Waals surface area contributed by atoms with Gasteiger partial charge in [-0.2, -0.15) is 8.78 Å². The molecule has 0 fully saturated rings. The van der Waals surface area contributed by atoms with Gasteiger partial charge < -0.3 is 24.3 Å². The van der Waals surface area contributed by atoms with Crippen molar-refractivity contribution >= 4 is 5.91 Å². The van der Waals surface area contributed by atoms with E-state index in [4.69, 9.17) is 14.2 Å². The summed E-state index contributed by atoms with van der Waals surface area (Å²) in [7, 11) is 1.35. The number of rotatable bonds is 10. The highest BCUT2D eigenvalue weighted by atomic mass is 19.3. The van der Waals surface area contributed by atoms with Crippen LogP contribution in [0.1, 0.15) is 12.5 Å². The maximum absolute atomic E-state index is 12.3. The van der Waals surface area contributed by atoms with E-state index in [2.05, 4.69) is 10.1 Å². The van der Waals surface area contributed by atoms with Gasteiger partial charge >= 0.3 is 6.61 Å². The van der Waals surface area contributed by atoms with Crippen molar-refractivity contribution < 1.29 is 32.5 Å². The van der Waals surface area contributed by atoms with Crippen LogP contribution in [0, 0.1) is 0 Å². The van der Waals surface area contributed by atoms with E-state index >= 15 is 0 Å². The largest absolute Gasteiger partial charge is 0.494 e. The summed E-state index contributed by atoms with van der Waals surface area (Å²) in [5, 5.41) is 2.68. The summed E-state index contributed by atoms with van der Waals surface area (Å²) >= 11 is 0. The van der Waals surface area contributed by atoms with Crippen LogP contribution >= 0.6 is 0 Å². The van der Waals surface area contributed by atoms with Gasteiger partial charge in [-0.3, -0.25) is 4.79 Å². The molecule has 2 aromatic carbocycles. The molecule has 2 aromatic rings. The van der Waals surface area contributed by atoms with Crippen LogP contribution in [-0.4, -0.2) is 32.8 Å². The third-order valence-corrected chi connectivity index (χ3v) is 3.44. The Morgan fingerprint density at radius 1 is 1.04 bits per heavy atom. The van der Waals surface area contributed by atoms with Gasteiger partial charge in [0.2, 0.25) is 0 Å². The highest BCUT2D eigenvalue weighted by Gasteiger charge is 2.11. The lowest BCUT2D eigenvalue weighted by atomic mass is 10.2. The molecule has 0 aliphatic carbocycles. The Hall–Kier alpha value is -3.03. The molecule has 27 heavy (non-hydrogen) atoms. The molecule has 146 valence electrons. The first kappa shape index (κ1) is 20.3. The summed E-state index contributed by atoms with van der Waals surface area (Å²) in [5.41, 5.74) is 0.669. The fourth-order valence-electron chi connectivity index (χ4n) is 2.21. The lowest BCUT2D eigenvalue weighted by molar-refractivity contribution is -0.123. The molecule has 2 rings (SSSR count). The summed E-state index contributed by atoms with van der Waals surface area (Å²) in [6.07, 6.45) is 0. The zero-order valence-electron chi connectivity index (χ0n) is 15.0. The highest BCUT2D eigenvalue weighted by Crippen LogP contribution is 2.29. The molecular weight excluding hydrogens is 360 g/mol. The monoisotopic (exact) mass is 381 g/mol. The van der Waals surface area contributed by atoms with Crippen LogP contribution < -0.4 is 24.3 Å². The van der Waals surface area contributed by atoms with E-state index in [1.165, 1.54) is 19.2 Å². The Morgan fingerprint density at radius 2 is 1.70 bits per heavy atom. The third kappa shape index (κ3) is 6.65. The molecule has 0 aliphatic rings. The Morgan fingerprint density at radius 3 is 2.30 bits per heavy atom. The molecule has 0 unspecified atom stereocenters. The second-order valence-corrected chi connectivity index (χ2v) is 5.33. The fourth-order valence-corrected chi connectivity index (χ4v) is 2.21. The standard InChI is InChI=1S/C19H21F2NO5/c1-3-25-14-5-7-15(8-6-14)26-12-18(23)22-11-13-4-9-16(27-19(20)21)17(10-13)24-2/h4-10,19H,3,11-12H2,1-2H3,(H,22,23). The van der Waals surface area contributed by atoms with Gasteiger partial charge in [-0.15, -0.1) is 0 Å². The van der Waals surface area contributed by atoms with Gasteiger partial charge in [-0.1, -0.05) is 6.07 Å². The van der Waals surface area contributed by atoms with E-state index in [1.807, 2.05) is 6.92 Å². The number of hydrogen-bond acceptors (Lipinski definition) is 5. The van der Waals surface area contributed by atoms with Gasteiger partial charge in [-0.25, -0.2) is 0 Å². The van der Waals surface area contributed by atoms with Gasteiger partial charge in [-0.05, 0) is 48.9 Å². The van der Waals surface area contributed by atoms with E-state index < -0.39 is 6.61 Å². The molecule has 0 radical (unpaired) electrons. The number of ether oxygens (including phenoxy) is 4. The Bertz CT molecular complexity index is 737. The molecule has 0 aromatic heterocycles. The van der Waals surface area contributed by atoms with Crippen LogP contribution in [0.2, 0.25) is 0 Å². The van der Waals surface area contributed by atoms with Crippen molar-refractivity contribution in [1.82, 2.24) is 5.32 Å². The topological polar surface area (TPSA) is 66.0 Å². The molecule has 0 bridgehead atoms. The Kier molecular flexibility index (Phi) is 7.66. The lowest BCUT2D eigenvalue weighted by Crippen LogP contribution is -2.28. The molecule has 0 aliphatic heterocycles. The summed E-state index contributed by atoms with van der Waals surface area (Å²) in [6.45, 7) is -0.440. The van der Waals surface area contributed by atoms with Crippen molar-refractivity contribution in [3.63, 3.8) is 0 Å². The quantitative estimate of drug-likeness (QED) is 0.683. The zero-order valence-corrected chi connectivity index (χ0v) is 15.0. The number of hydrogen-bond donors (Lipinski definition) is 1. The zero-order chi connectivity index (χ0) is 19.6. The SMILES string of the molecule is CCOc1ccc(OCC(=O)NCc2ccc(OC(F)F)c(OC)c2)cc1. The predicted molar refractivity (Wildman–Crippen MR) is 94.6 cm³/mol. The average Bonchev–Trinajstić information content (AvgIpc) is 2.66. The second kappa shape index (κ2) is 10.2. The smallest absolute Gasteiger partial charge is 0.387 e. The fraction of sp³-hybridized carbons (Fsp3) is 0.316. The van der Waals surface area contributed by atoms with E-state index in [0.29, 0.717) is 17.9 Å². The van der Waals surface area contributed by atoms with Crippen molar-refractivity contribution in [2.45, 2.75) is 20.1 Å². The van der Waals surface area contributed by atoms with E-state index in [9.17, 15) is 13.6 Å². The molecule has 1 amide bonds. The minimum atomic E-state index is -2.94. The molecule has 0 atom stereocenters. The number of carbonyl (C=O) groups is 1. The number of nitrogens with one attached hydrogen (secondary N) is 1. The van der Waals surface area contributed by atoms with E-state index in [1.54, 1.807) is 30.3 Å². The molecular formula is C19H21F2NO5. The predicted octanol–water partition coefficient (Wildman–Crippen LogP) is 3.39. The normalized spacial score (nSPS) is 10.4. The summed E-state index contributed by atoms with van der Waals surface area (Å²) in [5.74, 6) is 1.04. The molecule has 6 nitrogen and oxygen atoms in total. The van der Waals surface area contributed by atoms with Crippen molar-refractivity contribution in [3.05, 3.63) is 48.0 Å². The minimum absolute atomic E-state index is 0.0681. The number of methoxy groups -OCH3 is 1. The molecule has 1 N–H and O–H groups in total. The molecule has 0 saturated carbocycles. The number of amides is 1. The third-order valence-electron chi connectivity index (χ3n) is 3.44. The lowest BCUT2D eigenvalue weighted by Gasteiger charge is -2.12. The van der Waals surface area contributed by atoms with Gasteiger partial charge in [0.25, 0.3) is 5.91 Å². The summed E-state index contributed by atoms with van der Waals surface area (Å²) in [6, 6.07) is 11.4. The molecule has 0 saturated heterocycles. The van der Waals surface area contributed by atoms with Crippen LogP contribution in [0.25, 0.3) is 0 Å². The van der Waals surface area contributed by atoms with Gasteiger partial charge in [0.15, 0.2) is 18.1 Å².